The standard InChI is InChI=1S/C18H20N2O5/c1-22-6-7-25-17-5-2-13(11-19-17)12-20-18(21)14-3-4-15-16(10-14)24-9-8-23-15/h2-5,10-11H,6-9,12H2,1H3,(H,20,21). The second-order valence-electron chi connectivity index (χ2n) is 5.39. The molecule has 25 heavy (non-hydrogen) atoms. The molecule has 1 aliphatic heterocycles. The zero-order chi connectivity index (χ0) is 17.5. The Morgan fingerprint density at radius 2 is 2.00 bits per heavy atom. The van der Waals surface area contributed by atoms with Crippen LogP contribution in [-0.2, 0) is 11.3 Å². The highest BCUT2D eigenvalue weighted by atomic mass is 16.6. The lowest BCUT2D eigenvalue weighted by atomic mass is 10.1. The number of ether oxygens (including phenoxy) is 4. The minimum atomic E-state index is -0.183. The molecule has 7 heteroatoms. The SMILES string of the molecule is COCCOc1ccc(CNC(=O)c2ccc3c(c2)OCCO3)cn1. The zero-order valence-corrected chi connectivity index (χ0v) is 14.0. The summed E-state index contributed by atoms with van der Waals surface area (Å²) >= 11 is 0. The number of hydrogen-bond acceptors (Lipinski definition) is 6. The van der Waals surface area contributed by atoms with E-state index in [-0.39, 0.29) is 5.91 Å². The number of nitrogens with zero attached hydrogens (tertiary/aromatic N) is 1. The van der Waals surface area contributed by atoms with Crippen molar-refractivity contribution >= 4 is 5.91 Å². The topological polar surface area (TPSA) is 78.9 Å². The molecule has 2 aromatic rings. The van der Waals surface area contributed by atoms with Crippen LogP contribution in [0.15, 0.2) is 36.5 Å². The van der Waals surface area contributed by atoms with Crippen LogP contribution in [0.2, 0.25) is 0 Å². The molecule has 1 aromatic heterocycles. The van der Waals surface area contributed by atoms with Crippen LogP contribution in [0.4, 0.5) is 0 Å². The summed E-state index contributed by atoms with van der Waals surface area (Å²) in [6.45, 7) is 2.34. The van der Waals surface area contributed by atoms with E-state index in [4.69, 9.17) is 18.9 Å². The van der Waals surface area contributed by atoms with E-state index in [0.29, 0.717) is 55.9 Å². The Morgan fingerprint density at radius 1 is 1.16 bits per heavy atom. The van der Waals surface area contributed by atoms with E-state index in [0.717, 1.165) is 5.56 Å². The Hall–Kier alpha value is -2.80. The van der Waals surface area contributed by atoms with E-state index in [2.05, 4.69) is 10.3 Å². The predicted octanol–water partition coefficient (Wildman–Crippen LogP) is 1.81. The predicted molar refractivity (Wildman–Crippen MR) is 90.2 cm³/mol. The maximum atomic E-state index is 12.3. The van der Waals surface area contributed by atoms with Gasteiger partial charge in [-0.3, -0.25) is 4.79 Å². The van der Waals surface area contributed by atoms with Crippen LogP contribution >= 0.6 is 0 Å². The molecule has 0 unspecified atom stereocenters. The molecule has 0 saturated heterocycles. The number of nitrogens with one attached hydrogen (secondary N) is 1. The molecule has 1 aliphatic rings. The van der Waals surface area contributed by atoms with Gasteiger partial charge < -0.3 is 24.3 Å². The van der Waals surface area contributed by atoms with Crippen LogP contribution in [0.3, 0.4) is 0 Å². The number of pyridine rings is 1. The summed E-state index contributed by atoms with van der Waals surface area (Å²) in [5.74, 6) is 1.60. The second-order valence-corrected chi connectivity index (χ2v) is 5.39. The monoisotopic (exact) mass is 344 g/mol. The van der Waals surface area contributed by atoms with Gasteiger partial charge in [0, 0.05) is 31.5 Å². The van der Waals surface area contributed by atoms with Crippen molar-refractivity contribution in [3.63, 3.8) is 0 Å². The first-order chi connectivity index (χ1) is 12.3. The van der Waals surface area contributed by atoms with Gasteiger partial charge in [0.15, 0.2) is 11.5 Å². The van der Waals surface area contributed by atoms with E-state index in [1.165, 1.54) is 0 Å². The fourth-order valence-corrected chi connectivity index (χ4v) is 2.30. The largest absolute Gasteiger partial charge is 0.486 e. The van der Waals surface area contributed by atoms with Gasteiger partial charge in [-0.1, -0.05) is 6.07 Å². The van der Waals surface area contributed by atoms with Crippen LogP contribution in [0.25, 0.3) is 0 Å². The fourth-order valence-electron chi connectivity index (χ4n) is 2.30. The van der Waals surface area contributed by atoms with E-state index >= 15 is 0 Å². The summed E-state index contributed by atoms with van der Waals surface area (Å²) in [6.07, 6.45) is 1.67. The van der Waals surface area contributed by atoms with Gasteiger partial charge in [-0.15, -0.1) is 0 Å². The maximum absolute atomic E-state index is 12.3. The number of carbonyl (C=O) groups is 1. The normalized spacial score (nSPS) is 12.5. The molecular weight excluding hydrogens is 324 g/mol. The zero-order valence-electron chi connectivity index (χ0n) is 14.0. The quantitative estimate of drug-likeness (QED) is 0.772. The summed E-state index contributed by atoms with van der Waals surface area (Å²) in [7, 11) is 1.62. The molecule has 1 aromatic carbocycles. The molecule has 3 rings (SSSR count). The van der Waals surface area contributed by atoms with Gasteiger partial charge in [-0.05, 0) is 23.8 Å². The molecule has 0 fully saturated rings. The number of amides is 1. The lowest BCUT2D eigenvalue weighted by Crippen LogP contribution is -2.23. The Balaban J connectivity index is 1.53. The average Bonchev–Trinajstić information content (AvgIpc) is 2.67. The third-order valence-corrected chi connectivity index (χ3v) is 3.59. The van der Waals surface area contributed by atoms with E-state index in [1.807, 2.05) is 6.07 Å². The van der Waals surface area contributed by atoms with Gasteiger partial charge in [0.05, 0.1) is 6.61 Å². The van der Waals surface area contributed by atoms with Crippen molar-refractivity contribution in [2.24, 2.45) is 0 Å². The number of rotatable bonds is 7. The van der Waals surface area contributed by atoms with Crippen LogP contribution in [-0.4, -0.2) is 44.4 Å². The highest BCUT2D eigenvalue weighted by Gasteiger charge is 2.14. The smallest absolute Gasteiger partial charge is 0.251 e. The van der Waals surface area contributed by atoms with Crippen LogP contribution in [0.1, 0.15) is 15.9 Å². The van der Waals surface area contributed by atoms with Crippen LogP contribution in [0.5, 0.6) is 17.4 Å². The van der Waals surface area contributed by atoms with E-state index in [9.17, 15) is 4.79 Å². The summed E-state index contributed by atoms with van der Waals surface area (Å²) < 4.78 is 21.3. The minimum Gasteiger partial charge on any atom is -0.486 e. The van der Waals surface area contributed by atoms with E-state index < -0.39 is 0 Å². The van der Waals surface area contributed by atoms with Gasteiger partial charge in [0.2, 0.25) is 5.88 Å². The molecule has 132 valence electrons. The number of aromatic nitrogens is 1. The summed E-state index contributed by atoms with van der Waals surface area (Å²) in [5, 5.41) is 2.86. The molecule has 0 saturated carbocycles. The lowest BCUT2D eigenvalue weighted by Gasteiger charge is -2.18. The van der Waals surface area contributed by atoms with Crippen molar-refractivity contribution in [3.05, 3.63) is 47.7 Å². The average molecular weight is 344 g/mol. The summed E-state index contributed by atoms with van der Waals surface area (Å²) in [4.78, 5) is 16.5. The number of fused-ring (bicyclic) bond motifs is 1. The molecule has 0 atom stereocenters. The first-order valence-electron chi connectivity index (χ1n) is 8.01. The van der Waals surface area contributed by atoms with Crippen molar-refractivity contribution in [1.82, 2.24) is 10.3 Å². The molecule has 0 aliphatic carbocycles. The first kappa shape index (κ1) is 17.0. The minimum absolute atomic E-state index is 0.183. The van der Waals surface area contributed by atoms with Gasteiger partial charge >= 0.3 is 0 Å². The number of benzene rings is 1. The molecular formula is C18H20N2O5. The van der Waals surface area contributed by atoms with Gasteiger partial charge in [-0.2, -0.15) is 0 Å². The third-order valence-electron chi connectivity index (χ3n) is 3.59. The van der Waals surface area contributed by atoms with Gasteiger partial charge in [0.25, 0.3) is 5.91 Å². The first-order valence-corrected chi connectivity index (χ1v) is 8.01. The molecule has 1 amide bonds. The van der Waals surface area contributed by atoms with Crippen molar-refractivity contribution in [3.8, 4) is 17.4 Å². The Labute approximate surface area is 145 Å². The Morgan fingerprint density at radius 3 is 2.76 bits per heavy atom. The Bertz CT molecular complexity index is 718. The van der Waals surface area contributed by atoms with Gasteiger partial charge in [0.1, 0.15) is 19.8 Å². The molecule has 0 spiro atoms. The number of carbonyl (C=O) groups excluding carboxylic acids is 1. The number of hydrogen-bond donors (Lipinski definition) is 1. The Kier molecular flexibility index (Phi) is 5.69. The van der Waals surface area contributed by atoms with Gasteiger partial charge in [-0.25, -0.2) is 4.98 Å². The lowest BCUT2D eigenvalue weighted by molar-refractivity contribution is 0.0949. The molecule has 7 nitrogen and oxygen atoms in total. The summed E-state index contributed by atoms with van der Waals surface area (Å²) in [5.41, 5.74) is 1.40. The fraction of sp³-hybridized carbons (Fsp3) is 0.333. The molecule has 2 heterocycles. The highest BCUT2D eigenvalue weighted by molar-refractivity contribution is 5.94. The maximum Gasteiger partial charge on any atom is 0.251 e. The van der Waals surface area contributed by atoms with Crippen LogP contribution in [0, 0.1) is 0 Å². The highest BCUT2D eigenvalue weighted by Crippen LogP contribution is 2.30. The second kappa shape index (κ2) is 8.34. The van der Waals surface area contributed by atoms with Crippen molar-refractivity contribution in [2.75, 3.05) is 33.5 Å². The molecule has 0 bridgehead atoms. The van der Waals surface area contributed by atoms with E-state index in [1.54, 1.807) is 37.6 Å². The van der Waals surface area contributed by atoms with Crippen LogP contribution < -0.4 is 19.5 Å². The number of methoxy groups -OCH3 is 1. The van der Waals surface area contributed by atoms with Crippen molar-refractivity contribution in [2.45, 2.75) is 6.54 Å². The van der Waals surface area contributed by atoms with Crippen molar-refractivity contribution in [1.29, 1.82) is 0 Å². The third kappa shape index (κ3) is 4.60. The molecule has 0 radical (unpaired) electrons. The molecule has 1 N–H and O–H groups in total. The van der Waals surface area contributed by atoms with Crippen molar-refractivity contribution < 1.29 is 23.7 Å². The summed E-state index contributed by atoms with van der Waals surface area (Å²) in [6, 6.07) is 8.78.